The molecule has 10 rings (SSSR count). The Morgan fingerprint density at radius 1 is 0.429 bits per heavy atom. The van der Waals surface area contributed by atoms with Crippen LogP contribution >= 0.6 is 11.3 Å². The molecule has 0 radical (unpaired) electrons. The SMILES string of the molecule is c1ccc(-c2ccc(N(c3ccccc3-c3cccc4oc5c6ccccc6ccc5c34)c3cccc4c3sc3ccccc34)cc2)cc1. The predicted molar refractivity (Wildman–Crippen MR) is 210 cm³/mol. The molecule has 0 bridgehead atoms. The van der Waals surface area contributed by atoms with E-state index in [1.807, 2.05) is 11.3 Å². The van der Waals surface area contributed by atoms with Gasteiger partial charge in [0.05, 0.1) is 16.1 Å². The first-order valence-corrected chi connectivity index (χ1v) is 17.4. The van der Waals surface area contributed by atoms with E-state index in [2.05, 4.69) is 181 Å². The van der Waals surface area contributed by atoms with Crippen LogP contribution in [0.5, 0.6) is 0 Å². The van der Waals surface area contributed by atoms with Gasteiger partial charge < -0.3 is 9.32 Å². The maximum atomic E-state index is 6.63. The molecule has 0 fully saturated rings. The molecule has 0 atom stereocenters. The van der Waals surface area contributed by atoms with Gasteiger partial charge in [0.25, 0.3) is 0 Å². The highest BCUT2D eigenvalue weighted by Gasteiger charge is 2.23. The third-order valence-corrected chi connectivity index (χ3v) is 10.9. The first kappa shape index (κ1) is 27.9. The molecule has 0 saturated heterocycles. The molecule has 0 N–H and O–H groups in total. The van der Waals surface area contributed by atoms with Crippen molar-refractivity contribution in [3.63, 3.8) is 0 Å². The summed E-state index contributed by atoms with van der Waals surface area (Å²) in [5, 5.41) is 7.14. The minimum atomic E-state index is 0.893. The molecule has 0 aliphatic carbocycles. The van der Waals surface area contributed by atoms with Gasteiger partial charge in [0, 0.05) is 42.9 Å². The molecule has 0 aliphatic heterocycles. The van der Waals surface area contributed by atoms with E-state index in [1.165, 1.54) is 36.7 Å². The number of para-hydroxylation sites is 1. The number of nitrogens with zero attached hydrogens (tertiary/aromatic N) is 1. The van der Waals surface area contributed by atoms with Crippen LogP contribution in [-0.2, 0) is 0 Å². The second kappa shape index (κ2) is 11.2. The molecule has 2 nitrogen and oxygen atoms in total. The van der Waals surface area contributed by atoms with Gasteiger partial charge >= 0.3 is 0 Å². The number of hydrogen-bond acceptors (Lipinski definition) is 3. The van der Waals surface area contributed by atoms with Crippen molar-refractivity contribution in [2.24, 2.45) is 0 Å². The standard InChI is InChI=1S/C46H29NOS/c1-2-12-30(13-3-1)31-24-27-33(28-25-31)47(41-21-10-19-38-36-17-7-9-23-43(36)49-46(38)41)40-20-8-6-16-35(40)37-18-11-22-42-44(37)39-29-26-32-14-4-5-15-34(32)45(39)48-42/h1-29H. The number of fused-ring (bicyclic) bond motifs is 8. The fourth-order valence-electron chi connectivity index (χ4n) is 7.42. The van der Waals surface area contributed by atoms with Crippen LogP contribution in [0.25, 0.3) is 75.1 Å². The first-order valence-electron chi connectivity index (χ1n) is 16.6. The maximum absolute atomic E-state index is 6.63. The van der Waals surface area contributed by atoms with Gasteiger partial charge in [-0.1, -0.05) is 133 Å². The van der Waals surface area contributed by atoms with Gasteiger partial charge in [0.2, 0.25) is 0 Å². The van der Waals surface area contributed by atoms with E-state index >= 15 is 0 Å². The number of thiophene rings is 1. The minimum Gasteiger partial charge on any atom is -0.455 e. The zero-order chi connectivity index (χ0) is 32.3. The molecule has 2 heterocycles. The minimum absolute atomic E-state index is 0.893. The fourth-order valence-corrected chi connectivity index (χ4v) is 8.63. The van der Waals surface area contributed by atoms with Gasteiger partial charge in [0.1, 0.15) is 11.2 Å². The highest BCUT2D eigenvalue weighted by molar-refractivity contribution is 7.26. The average molecular weight is 644 g/mol. The van der Waals surface area contributed by atoms with Crippen molar-refractivity contribution in [1.29, 1.82) is 0 Å². The van der Waals surface area contributed by atoms with Crippen LogP contribution in [0.3, 0.4) is 0 Å². The molecular formula is C46H29NOS. The van der Waals surface area contributed by atoms with E-state index in [-0.39, 0.29) is 0 Å². The number of benzene rings is 8. The zero-order valence-corrected chi connectivity index (χ0v) is 27.3. The van der Waals surface area contributed by atoms with Crippen molar-refractivity contribution >= 4 is 81.3 Å². The molecule has 0 saturated carbocycles. The highest BCUT2D eigenvalue weighted by Crippen LogP contribution is 2.49. The lowest BCUT2D eigenvalue weighted by atomic mass is 9.96. The lowest BCUT2D eigenvalue weighted by molar-refractivity contribution is 0.673. The summed E-state index contributed by atoms with van der Waals surface area (Å²) in [4.78, 5) is 2.44. The summed E-state index contributed by atoms with van der Waals surface area (Å²) in [5.74, 6) is 0. The molecule has 3 heteroatoms. The van der Waals surface area contributed by atoms with E-state index in [0.29, 0.717) is 0 Å². The van der Waals surface area contributed by atoms with E-state index in [0.717, 1.165) is 55.5 Å². The Balaban J connectivity index is 1.24. The smallest absolute Gasteiger partial charge is 0.143 e. The fraction of sp³-hybridized carbons (Fsp3) is 0. The van der Waals surface area contributed by atoms with Crippen molar-refractivity contribution in [3.05, 3.63) is 176 Å². The van der Waals surface area contributed by atoms with E-state index in [4.69, 9.17) is 4.42 Å². The Labute approximate surface area is 287 Å². The van der Waals surface area contributed by atoms with Crippen LogP contribution in [0, 0.1) is 0 Å². The molecular weight excluding hydrogens is 615 g/mol. The van der Waals surface area contributed by atoms with Crippen molar-refractivity contribution in [2.75, 3.05) is 4.90 Å². The van der Waals surface area contributed by atoms with Gasteiger partial charge in [-0.3, -0.25) is 0 Å². The molecule has 8 aromatic carbocycles. The van der Waals surface area contributed by atoms with E-state index < -0.39 is 0 Å². The van der Waals surface area contributed by atoms with E-state index in [9.17, 15) is 0 Å². The average Bonchev–Trinajstić information content (AvgIpc) is 3.75. The van der Waals surface area contributed by atoms with Crippen molar-refractivity contribution in [3.8, 4) is 22.3 Å². The van der Waals surface area contributed by atoms with Gasteiger partial charge in [0.15, 0.2) is 0 Å². The quantitative estimate of drug-likeness (QED) is 0.186. The van der Waals surface area contributed by atoms with Gasteiger partial charge in [-0.2, -0.15) is 0 Å². The van der Waals surface area contributed by atoms with Crippen LogP contribution in [0.2, 0.25) is 0 Å². The molecule has 0 spiro atoms. The Morgan fingerprint density at radius 2 is 1.10 bits per heavy atom. The largest absolute Gasteiger partial charge is 0.455 e. The lowest BCUT2D eigenvalue weighted by Crippen LogP contribution is -2.11. The van der Waals surface area contributed by atoms with Gasteiger partial charge in [-0.05, 0) is 64.5 Å². The van der Waals surface area contributed by atoms with Gasteiger partial charge in [-0.25, -0.2) is 0 Å². The highest BCUT2D eigenvalue weighted by atomic mass is 32.1. The monoisotopic (exact) mass is 643 g/mol. The van der Waals surface area contributed by atoms with Crippen LogP contribution < -0.4 is 4.90 Å². The molecule has 0 amide bonds. The number of furan rings is 1. The van der Waals surface area contributed by atoms with Crippen molar-refractivity contribution in [1.82, 2.24) is 0 Å². The zero-order valence-electron chi connectivity index (χ0n) is 26.5. The summed E-state index contributed by atoms with van der Waals surface area (Å²) in [5.41, 5.74) is 9.90. The maximum Gasteiger partial charge on any atom is 0.143 e. The number of hydrogen-bond donors (Lipinski definition) is 0. The second-order valence-electron chi connectivity index (χ2n) is 12.5. The second-order valence-corrected chi connectivity index (χ2v) is 13.5. The Bertz CT molecular complexity index is 2830. The van der Waals surface area contributed by atoms with Crippen LogP contribution in [-0.4, -0.2) is 0 Å². The third kappa shape index (κ3) is 4.47. The Kier molecular flexibility index (Phi) is 6.39. The summed E-state index contributed by atoms with van der Waals surface area (Å²) in [6.07, 6.45) is 0. The Morgan fingerprint density at radius 3 is 2.00 bits per heavy atom. The Hall–Kier alpha value is -6.16. The summed E-state index contributed by atoms with van der Waals surface area (Å²) in [7, 11) is 0. The first-order chi connectivity index (χ1) is 24.3. The molecule has 49 heavy (non-hydrogen) atoms. The van der Waals surface area contributed by atoms with Crippen molar-refractivity contribution < 1.29 is 4.42 Å². The normalized spacial score (nSPS) is 11.7. The van der Waals surface area contributed by atoms with Gasteiger partial charge in [-0.15, -0.1) is 11.3 Å². The van der Waals surface area contributed by atoms with E-state index in [1.54, 1.807) is 0 Å². The van der Waals surface area contributed by atoms with Crippen LogP contribution in [0.1, 0.15) is 0 Å². The summed E-state index contributed by atoms with van der Waals surface area (Å²) >= 11 is 1.86. The lowest BCUT2D eigenvalue weighted by Gasteiger charge is -2.28. The molecule has 230 valence electrons. The summed E-state index contributed by atoms with van der Waals surface area (Å²) in [6.45, 7) is 0. The van der Waals surface area contributed by atoms with Crippen LogP contribution in [0.4, 0.5) is 17.1 Å². The predicted octanol–water partition coefficient (Wildman–Crippen LogP) is 13.9. The number of anilines is 3. The number of rotatable bonds is 5. The third-order valence-electron chi connectivity index (χ3n) is 9.68. The summed E-state index contributed by atoms with van der Waals surface area (Å²) < 4.78 is 9.19. The molecule has 2 aromatic heterocycles. The summed E-state index contributed by atoms with van der Waals surface area (Å²) in [6, 6.07) is 63.1. The molecule has 10 aromatic rings. The topological polar surface area (TPSA) is 16.4 Å². The molecule has 0 unspecified atom stereocenters. The molecule has 0 aliphatic rings. The van der Waals surface area contributed by atoms with Crippen molar-refractivity contribution in [2.45, 2.75) is 0 Å². The van der Waals surface area contributed by atoms with Crippen LogP contribution in [0.15, 0.2) is 180 Å².